The van der Waals surface area contributed by atoms with Crippen molar-refractivity contribution in [1.29, 1.82) is 0 Å². The van der Waals surface area contributed by atoms with Crippen LogP contribution < -0.4 is 5.32 Å². The van der Waals surface area contributed by atoms with Gasteiger partial charge in [-0.05, 0) is 24.6 Å². The maximum atomic E-state index is 12.8. The molecule has 1 aromatic carbocycles. The quantitative estimate of drug-likeness (QED) is 0.686. The van der Waals surface area contributed by atoms with Crippen LogP contribution in [-0.4, -0.2) is 20.6 Å². The van der Waals surface area contributed by atoms with E-state index in [1.807, 2.05) is 0 Å². The first-order valence-corrected chi connectivity index (χ1v) is 6.10. The number of hydrogen-bond donors (Lipinski definition) is 1. The highest BCUT2D eigenvalue weighted by molar-refractivity contribution is 5.96. The summed E-state index contributed by atoms with van der Waals surface area (Å²) in [5.41, 5.74) is 0.434. The maximum Gasteiger partial charge on any atom is 0.322 e. The van der Waals surface area contributed by atoms with Crippen molar-refractivity contribution in [2.24, 2.45) is 7.05 Å². The summed E-state index contributed by atoms with van der Waals surface area (Å²) in [6.07, 6.45) is 0. The van der Waals surface area contributed by atoms with Crippen molar-refractivity contribution in [2.75, 3.05) is 0 Å². The Labute approximate surface area is 119 Å². The summed E-state index contributed by atoms with van der Waals surface area (Å²) in [5, 5.41) is 17.4. The SMILES string of the molecule is Cc1c([N+](=O)[O-])c(C(=O)NCc2ccc(F)cc2)nn1C. The Morgan fingerprint density at radius 3 is 2.62 bits per heavy atom. The van der Waals surface area contributed by atoms with E-state index in [2.05, 4.69) is 10.4 Å². The van der Waals surface area contributed by atoms with Gasteiger partial charge in [-0.2, -0.15) is 5.10 Å². The summed E-state index contributed by atoms with van der Waals surface area (Å²) in [6, 6.07) is 5.59. The van der Waals surface area contributed by atoms with Gasteiger partial charge in [0.05, 0.1) is 4.92 Å². The topological polar surface area (TPSA) is 90.1 Å². The zero-order valence-corrected chi connectivity index (χ0v) is 11.5. The van der Waals surface area contributed by atoms with Gasteiger partial charge in [0.15, 0.2) is 0 Å². The van der Waals surface area contributed by atoms with Crippen LogP contribution in [0.15, 0.2) is 24.3 Å². The minimum atomic E-state index is -0.644. The molecule has 0 saturated heterocycles. The molecule has 0 fully saturated rings. The summed E-state index contributed by atoms with van der Waals surface area (Å²) in [4.78, 5) is 22.4. The molecular weight excluding hydrogens is 279 g/mol. The summed E-state index contributed by atoms with van der Waals surface area (Å²) in [5.74, 6) is -1.02. The van der Waals surface area contributed by atoms with Crippen LogP contribution in [0.25, 0.3) is 0 Å². The number of benzene rings is 1. The zero-order chi connectivity index (χ0) is 15.6. The normalized spacial score (nSPS) is 10.4. The van der Waals surface area contributed by atoms with Crippen LogP contribution in [0.2, 0.25) is 0 Å². The second-order valence-electron chi connectivity index (χ2n) is 4.47. The molecule has 0 spiro atoms. The Hall–Kier alpha value is -2.77. The van der Waals surface area contributed by atoms with Gasteiger partial charge in [0.25, 0.3) is 5.91 Å². The molecule has 1 amide bonds. The largest absolute Gasteiger partial charge is 0.346 e. The fourth-order valence-corrected chi connectivity index (χ4v) is 1.84. The predicted molar refractivity (Wildman–Crippen MR) is 72.2 cm³/mol. The van der Waals surface area contributed by atoms with Crippen molar-refractivity contribution in [3.63, 3.8) is 0 Å². The van der Waals surface area contributed by atoms with E-state index < -0.39 is 10.8 Å². The number of nitrogens with one attached hydrogen (secondary N) is 1. The number of hydrogen-bond acceptors (Lipinski definition) is 4. The van der Waals surface area contributed by atoms with Gasteiger partial charge in [-0.1, -0.05) is 12.1 Å². The van der Waals surface area contributed by atoms with Crippen LogP contribution in [0.5, 0.6) is 0 Å². The molecule has 0 aliphatic rings. The third-order valence-corrected chi connectivity index (χ3v) is 3.07. The number of rotatable bonds is 4. The van der Waals surface area contributed by atoms with Gasteiger partial charge in [-0.15, -0.1) is 0 Å². The van der Waals surface area contributed by atoms with Crippen molar-refractivity contribution in [3.8, 4) is 0 Å². The van der Waals surface area contributed by atoms with Crippen LogP contribution in [0.3, 0.4) is 0 Å². The van der Waals surface area contributed by atoms with E-state index >= 15 is 0 Å². The first kappa shape index (κ1) is 14.6. The van der Waals surface area contributed by atoms with Crippen molar-refractivity contribution < 1.29 is 14.1 Å². The Morgan fingerprint density at radius 2 is 2.05 bits per heavy atom. The van der Waals surface area contributed by atoms with E-state index in [4.69, 9.17) is 0 Å². The Balaban J connectivity index is 2.15. The molecule has 1 heterocycles. The van der Waals surface area contributed by atoms with Crippen LogP contribution >= 0.6 is 0 Å². The molecule has 7 nitrogen and oxygen atoms in total. The van der Waals surface area contributed by atoms with E-state index in [1.54, 1.807) is 0 Å². The predicted octanol–water partition coefficient (Wildman–Crippen LogP) is 1.71. The average molecular weight is 292 g/mol. The van der Waals surface area contributed by atoms with Gasteiger partial charge in [0.1, 0.15) is 11.5 Å². The van der Waals surface area contributed by atoms with Crippen molar-refractivity contribution >= 4 is 11.6 Å². The highest BCUT2D eigenvalue weighted by Gasteiger charge is 2.28. The molecule has 0 saturated carbocycles. The second-order valence-corrected chi connectivity index (χ2v) is 4.47. The summed E-state index contributed by atoms with van der Waals surface area (Å²) < 4.78 is 14.0. The van der Waals surface area contributed by atoms with E-state index in [1.165, 1.54) is 42.9 Å². The fourth-order valence-electron chi connectivity index (χ4n) is 1.84. The van der Waals surface area contributed by atoms with Crippen molar-refractivity contribution in [2.45, 2.75) is 13.5 Å². The van der Waals surface area contributed by atoms with Gasteiger partial charge in [0, 0.05) is 13.6 Å². The lowest BCUT2D eigenvalue weighted by molar-refractivity contribution is -0.385. The lowest BCUT2D eigenvalue weighted by Gasteiger charge is -2.03. The molecule has 0 atom stereocenters. The van der Waals surface area contributed by atoms with Gasteiger partial charge < -0.3 is 5.32 Å². The van der Waals surface area contributed by atoms with Crippen molar-refractivity contribution in [3.05, 3.63) is 57.1 Å². The van der Waals surface area contributed by atoms with Gasteiger partial charge in [0.2, 0.25) is 5.69 Å². The molecule has 1 N–H and O–H groups in total. The fraction of sp³-hybridized carbons (Fsp3) is 0.231. The molecule has 21 heavy (non-hydrogen) atoms. The van der Waals surface area contributed by atoms with Gasteiger partial charge >= 0.3 is 5.69 Å². The molecule has 8 heteroatoms. The molecule has 1 aromatic heterocycles. The van der Waals surface area contributed by atoms with Gasteiger partial charge in [-0.25, -0.2) is 4.39 Å². The Bertz CT molecular complexity index is 694. The number of aromatic nitrogens is 2. The number of amides is 1. The highest BCUT2D eigenvalue weighted by Crippen LogP contribution is 2.21. The van der Waals surface area contributed by atoms with E-state index in [-0.39, 0.29) is 23.7 Å². The molecule has 2 rings (SSSR count). The third-order valence-electron chi connectivity index (χ3n) is 3.07. The van der Waals surface area contributed by atoms with Crippen LogP contribution in [-0.2, 0) is 13.6 Å². The molecule has 0 radical (unpaired) electrons. The minimum Gasteiger partial charge on any atom is -0.346 e. The molecule has 0 bridgehead atoms. The van der Waals surface area contributed by atoms with Gasteiger partial charge in [-0.3, -0.25) is 19.6 Å². The number of halogens is 1. The number of nitro groups is 1. The minimum absolute atomic E-state index is 0.131. The molecular formula is C13H13FN4O3. The standard InChI is InChI=1S/C13H13FN4O3/c1-8-12(18(20)21)11(16-17(8)2)13(19)15-7-9-3-5-10(14)6-4-9/h3-6H,7H2,1-2H3,(H,15,19). The monoisotopic (exact) mass is 292 g/mol. The smallest absolute Gasteiger partial charge is 0.322 e. The Morgan fingerprint density at radius 1 is 1.43 bits per heavy atom. The molecule has 0 aliphatic carbocycles. The Kier molecular flexibility index (Phi) is 3.97. The van der Waals surface area contributed by atoms with Crippen molar-refractivity contribution in [1.82, 2.24) is 15.1 Å². The number of carbonyl (C=O) groups excluding carboxylic acids is 1. The molecule has 0 unspecified atom stereocenters. The number of aryl methyl sites for hydroxylation is 1. The summed E-state index contributed by atoms with van der Waals surface area (Å²) >= 11 is 0. The van der Waals surface area contributed by atoms with E-state index in [0.29, 0.717) is 11.3 Å². The number of nitrogens with zero attached hydrogens (tertiary/aromatic N) is 3. The highest BCUT2D eigenvalue weighted by atomic mass is 19.1. The average Bonchev–Trinajstić information content (AvgIpc) is 2.74. The molecule has 0 aliphatic heterocycles. The number of carbonyl (C=O) groups is 1. The maximum absolute atomic E-state index is 12.8. The zero-order valence-electron chi connectivity index (χ0n) is 11.5. The van der Waals surface area contributed by atoms with E-state index in [9.17, 15) is 19.3 Å². The summed E-state index contributed by atoms with van der Waals surface area (Å²) in [6.45, 7) is 1.65. The van der Waals surface area contributed by atoms with E-state index in [0.717, 1.165) is 0 Å². The second kappa shape index (κ2) is 5.70. The third kappa shape index (κ3) is 3.04. The lowest BCUT2D eigenvalue weighted by Crippen LogP contribution is -2.24. The summed E-state index contributed by atoms with van der Waals surface area (Å²) in [7, 11) is 1.53. The first-order chi connectivity index (χ1) is 9.90. The molecule has 110 valence electrons. The lowest BCUT2D eigenvalue weighted by atomic mass is 10.2. The molecule has 2 aromatic rings. The first-order valence-electron chi connectivity index (χ1n) is 6.10. The van der Waals surface area contributed by atoms with Crippen LogP contribution in [0.4, 0.5) is 10.1 Å². The van der Waals surface area contributed by atoms with Crippen LogP contribution in [0, 0.1) is 22.9 Å². The van der Waals surface area contributed by atoms with Crippen LogP contribution in [0.1, 0.15) is 21.7 Å².